The third-order valence-electron chi connectivity index (χ3n) is 6.13. The predicted octanol–water partition coefficient (Wildman–Crippen LogP) is 5.79. The Balaban J connectivity index is 1.55. The summed E-state index contributed by atoms with van der Waals surface area (Å²) in [5, 5.41) is 24.7. The molecule has 2 aliphatic rings. The molecule has 1 fully saturated rings. The quantitative estimate of drug-likeness (QED) is 0.258. The highest BCUT2D eigenvalue weighted by atomic mass is 32.2. The number of rotatable bonds is 4. The summed E-state index contributed by atoms with van der Waals surface area (Å²) < 4.78 is 0.463. The minimum atomic E-state index is -0.393. The Bertz CT molecular complexity index is 1320. The molecule has 0 radical (unpaired) electrons. The second kappa shape index (κ2) is 9.26. The molecule has 0 saturated carbocycles. The lowest BCUT2D eigenvalue weighted by Gasteiger charge is -2.27. The van der Waals surface area contributed by atoms with Crippen molar-refractivity contribution in [2.45, 2.75) is 49.1 Å². The Hall–Kier alpha value is -3.36. The van der Waals surface area contributed by atoms with Crippen molar-refractivity contribution < 1.29 is 19.8 Å². The van der Waals surface area contributed by atoms with Crippen molar-refractivity contribution in [3.63, 3.8) is 0 Å². The summed E-state index contributed by atoms with van der Waals surface area (Å²) in [4.78, 5) is 28.4. The number of phenolic OH excluding ortho intramolecular Hbond substituents is 2. The van der Waals surface area contributed by atoms with Crippen molar-refractivity contribution in [1.29, 1.82) is 0 Å². The maximum Gasteiger partial charge on any atom is 0.280 e. The Morgan fingerprint density at radius 3 is 1.69 bits per heavy atom. The summed E-state index contributed by atoms with van der Waals surface area (Å²) >= 11 is 2.32. The van der Waals surface area contributed by atoms with Crippen LogP contribution >= 0.6 is 23.5 Å². The molecule has 5 rings (SSSR count). The average molecular weight is 519 g/mol. The monoisotopic (exact) mass is 518 g/mol. The van der Waals surface area contributed by atoms with E-state index in [-0.39, 0.29) is 30.2 Å². The van der Waals surface area contributed by atoms with E-state index in [2.05, 4.69) is 0 Å². The van der Waals surface area contributed by atoms with Gasteiger partial charge >= 0.3 is 0 Å². The standard InChI is InChI=1S/C28H26N2O4S2/c1-28(2,3)19-14-20(31)23-24(22(19)32)36-27(35-23)21-25(33)29(15-17-10-6-4-7-11-17)30(26(21)34)16-18-12-8-5-9-13-18/h4-14,31-32H,15-16H2,1-3H3. The summed E-state index contributed by atoms with van der Waals surface area (Å²) in [6.07, 6.45) is 0. The molecule has 3 aromatic rings. The number of phenols is 2. The molecule has 8 heteroatoms. The molecular formula is C28H26N2O4S2. The van der Waals surface area contributed by atoms with Gasteiger partial charge in [0.2, 0.25) is 0 Å². The number of hydrazine groups is 1. The molecule has 184 valence electrons. The number of nitrogens with zero attached hydrogens (tertiary/aromatic N) is 2. The largest absolute Gasteiger partial charge is 0.507 e. The Kier molecular flexibility index (Phi) is 6.26. The Morgan fingerprint density at radius 2 is 1.22 bits per heavy atom. The van der Waals surface area contributed by atoms with Crippen LogP contribution in [0.2, 0.25) is 0 Å². The minimum Gasteiger partial charge on any atom is -0.507 e. The average Bonchev–Trinajstić information content (AvgIpc) is 3.38. The lowest BCUT2D eigenvalue weighted by Crippen LogP contribution is -2.39. The lowest BCUT2D eigenvalue weighted by atomic mass is 9.86. The van der Waals surface area contributed by atoms with E-state index in [1.54, 1.807) is 6.07 Å². The van der Waals surface area contributed by atoms with E-state index < -0.39 is 17.2 Å². The smallest absolute Gasteiger partial charge is 0.280 e. The van der Waals surface area contributed by atoms with E-state index in [1.807, 2.05) is 81.4 Å². The van der Waals surface area contributed by atoms with E-state index >= 15 is 0 Å². The molecule has 2 amide bonds. The van der Waals surface area contributed by atoms with Gasteiger partial charge < -0.3 is 10.2 Å². The van der Waals surface area contributed by atoms with Gasteiger partial charge in [-0.25, -0.2) is 10.0 Å². The van der Waals surface area contributed by atoms with E-state index in [0.717, 1.165) is 22.9 Å². The van der Waals surface area contributed by atoms with Crippen LogP contribution in [0.4, 0.5) is 0 Å². The highest BCUT2D eigenvalue weighted by Crippen LogP contribution is 2.60. The van der Waals surface area contributed by atoms with Crippen molar-refractivity contribution in [2.75, 3.05) is 0 Å². The Morgan fingerprint density at radius 1 is 0.750 bits per heavy atom. The first-order chi connectivity index (χ1) is 17.1. The van der Waals surface area contributed by atoms with Gasteiger partial charge in [0.15, 0.2) is 0 Å². The molecule has 6 nitrogen and oxygen atoms in total. The van der Waals surface area contributed by atoms with Gasteiger partial charge in [0.1, 0.15) is 17.1 Å². The van der Waals surface area contributed by atoms with Crippen LogP contribution in [0.3, 0.4) is 0 Å². The number of amides is 2. The van der Waals surface area contributed by atoms with E-state index in [9.17, 15) is 19.8 Å². The number of hydrogen-bond donors (Lipinski definition) is 2. The fraction of sp³-hybridized carbons (Fsp3) is 0.214. The molecule has 36 heavy (non-hydrogen) atoms. The first-order valence-electron chi connectivity index (χ1n) is 11.6. The highest BCUT2D eigenvalue weighted by Gasteiger charge is 2.45. The summed E-state index contributed by atoms with van der Waals surface area (Å²) in [6.45, 7) is 6.36. The third kappa shape index (κ3) is 4.35. The van der Waals surface area contributed by atoms with Crippen molar-refractivity contribution in [3.8, 4) is 11.5 Å². The zero-order chi connectivity index (χ0) is 25.6. The van der Waals surface area contributed by atoms with Crippen molar-refractivity contribution in [2.24, 2.45) is 0 Å². The molecule has 0 aromatic heterocycles. The van der Waals surface area contributed by atoms with Crippen LogP contribution in [0, 0.1) is 0 Å². The van der Waals surface area contributed by atoms with Gasteiger partial charge in [-0.15, -0.1) is 0 Å². The number of carbonyl (C=O) groups excluding carboxylic acids is 2. The maximum atomic E-state index is 13.7. The lowest BCUT2D eigenvalue weighted by molar-refractivity contribution is -0.149. The summed E-state index contributed by atoms with van der Waals surface area (Å²) in [6, 6.07) is 20.7. The van der Waals surface area contributed by atoms with E-state index in [1.165, 1.54) is 21.8 Å². The number of hydrogen-bond acceptors (Lipinski definition) is 6. The van der Waals surface area contributed by atoms with Crippen LogP contribution < -0.4 is 0 Å². The molecule has 0 spiro atoms. The molecule has 0 aliphatic carbocycles. The molecule has 2 N–H and O–H groups in total. The van der Waals surface area contributed by atoms with Crippen LogP contribution in [-0.4, -0.2) is 32.0 Å². The van der Waals surface area contributed by atoms with Gasteiger partial charge in [-0.1, -0.05) is 105 Å². The summed E-state index contributed by atoms with van der Waals surface area (Å²) in [5.41, 5.74) is 2.09. The number of benzene rings is 3. The van der Waals surface area contributed by atoms with Crippen LogP contribution in [-0.2, 0) is 28.1 Å². The molecule has 3 aromatic carbocycles. The summed E-state index contributed by atoms with van der Waals surface area (Å²) in [7, 11) is 0. The molecular weight excluding hydrogens is 492 g/mol. The van der Waals surface area contributed by atoms with Gasteiger partial charge in [-0.3, -0.25) is 9.59 Å². The fourth-order valence-corrected chi connectivity index (χ4v) is 6.86. The van der Waals surface area contributed by atoms with Crippen LogP contribution in [0.5, 0.6) is 11.5 Å². The normalized spacial score (nSPS) is 15.8. The predicted molar refractivity (Wildman–Crippen MR) is 141 cm³/mol. The van der Waals surface area contributed by atoms with Gasteiger partial charge in [0.25, 0.3) is 11.8 Å². The minimum absolute atomic E-state index is 0.0287. The number of aromatic hydroxyl groups is 2. The molecule has 0 unspecified atom stereocenters. The molecule has 0 bridgehead atoms. The maximum absolute atomic E-state index is 13.7. The zero-order valence-electron chi connectivity index (χ0n) is 20.2. The van der Waals surface area contributed by atoms with Crippen LogP contribution in [0.15, 0.2) is 86.3 Å². The second-order valence-corrected chi connectivity index (χ2v) is 12.1. The van der Waals surface area contributed by atoms with Gasteiger partial charge in [0, 0.05) is 5.56 Å². The summed E-state index contributed by atoms with van der Waals surface area (Å²) in [5.74, 6) is -0.681. The first kappa shape index (κ1) is 24.3. The van der Waals surface area contributed by atoms with Gasteiger partial charge in [0.05, 0.1) is 27.1 Å². The van der Waals surface area contributed by atoms with E-state index in [4.69, 9.17) is 0 Å². The van der Waals surface area contributed by atoms with Crippen LogP contribution in [0.1, 0.15) is 37.5 Å². The molecule has 2 aliphatic heterocycles. The van der Waals surface area contributed by atoms with Gasteiger partial charge in [-0.05, 0) is 22.6 Å². The van der Waals surface area contributed by atoms with Gasteiger partial charge in [-0.2, -0.15) is 0 Å². The number of thioether (sulfide) groups is 2. The van der Waals surface area contributed by atoms with Crippen molar-refractivity contribution in [1.82, 2.24) is 10.0 Å². The second-order valence-electron chi connectivity index (χ2n) is 9.76. The van der Waals surface area contributed by atoms with Crippen molar-refractivity contribution in [3.05, 3.63) is 93.2 Å². The molecule has 1 saturated heterocycles. The SMILES string of the molecule is CC(C)(C)c1cc(O)c2c(c1O)SC(=C1C(=O)N(Cc3ccccc3)N(Cc3ccccc3)C1=O)S2. The molecule has 0 atom stereocenters. The number of fused-ring (bicyclic) bond motifs is 1. The van der Waals surface area contributed by atoms with Crippen molar-refractivity contribution >= 4 is 35.3 Å². The topological polar surface area (TPSA) is 81.1 Å². The number of carbonyl (C=O) groups is 2. The third-order valence-corrected chi connectivity index (χ3v) is 8.76. The first-order valence-corrected chi connectivity index (χ1v) is 13.2. The zero-order valence-corrected chi connectivity index (χ0v) is 21.8. The van der Waals surface area contributed by atoms with Crippen LogP contribution in [0.25, 0.3) is 0 Å². The molecule has 2 heterocycles. The fourth-order valence-electron chi connectivity index (χ4n) is 4.26. The van der Waals surface area contributed by atoms with E-state index in [0.29, 0.717) is 19.6 Å². The Labute approximate surface area is 218 Å². The highest BCUT2D eigenvalue weighted by molar-refractivity contribution is 8.25.